The molecule has 1 atom stereocenters. The molecule has 6 nitrogen and oxygen atoms in total. The van der Waals surface area contributed by atoms with Crippen LogP contribution in [0.2, 0.25) is 0 Å². The SMILES string of the molecule is CCCN(C(=O)OCOC(=O)CC)C1CCc2ncsc2C1. The van der Waals surface area contributed by atoms with Crippen molar-refractivity contribution in [3.63, 3.8) is 0 Å². The number of amides is 1. The van der Waals surface area contributed by atoms with E-state index >= 15 is 0 Å². The molecule has 0 N–H and O–H groups in total. The van der Waals surface area contributed by atoms with Crippen LogP contribution in [0.4, 0.5) is 4.79 Å². The molecule has 1 unspecified atom stereocenters. The van der Waals surface area contributed by atoms with Gasteiger partial charge in [0.1, 0.15) is 0 Å². The average molecular weight is 326 g/mol. The van der Waals surface area contributed by atoms with Gasteiger partial charge in [0.05, 0.1) is 11.2 Å². The second-order valence-corrected chi connectivity index (χ2v) is 6.15. The standard InChI is InChI=1S/C15H22N2O4S/c1-3-7-17(15(19)21-10-20-14(18)4-2)11-5-6-12-13(8-11)22-9-16-12/h9,11H,3-8,10H2,1-2H3. The Morgan fingerprint density at radius 1 is 1.41 bits per heavy atom. The Balaban J connectivity index is 1.91. The lowest BCUT2D eigenvalue weighted by atomic mass is 9.96. The van der Waals surface area contributed by atoms with Gasteiger partial charge in [0.2, 0.25) is 6.79 Å². The predicted molar refractivity (Wildman–Crippen MR) is 82.7 cm³/mol. The van der Waals surface area contributed by atoms with Crippen LogP contribution in [0, 0.1) is 0 Å². The molecule has 0 saturated heterocycles. The zero-order chi connectivity index (χ0) is 15.9. The summed E-state index contributed by atoms with van der Waals surface area (Å²) in [5, 5.41) is 0. The van der Waals surface area contributed by atoms with Gasteiger partial charge >= 0.3 is 12.1 Å². The third kappa shape index (κ3) is 4.19. The van der Waals surface area contributed by atoms with Crippen LogP contribution in [0.1, 0.15) is 43.7 Å². The van der Waals surface area contributed by atoms with Gasteiger partial charge in [-0.05, 0) is 19.3 Å². The Bertz CT molecular complexity index is 517. The monoisotopic (exact) mass is 326 g/mol. The zero-order valence-corrected chi connectivity index (χ0v) is 13.9. The fourth-order valence-corrected chi connectivity index (χ4v) is 3.43. The molecule has 0 aromatic carbocycles. The van der Waals surface area contributed by atoms with Crippen molar-refractivity contribution >= 4 is 23.4 Å². The Morgan fingerprint density at radius 2 is 2.23 bits per heavy atom. The van der Waals surface area contributed by atoms with E-state index in [9.17, 15) is 9.59 Å². The van der Waals surface area contributed by atoms with E-state index in [4.69, 9.17) is 9.47 Å². The number of carbonyl (C=O) groups is 2. The fraction of sp³-hybridized carbons (Fsp3) is 0.667. The molecule has 1 aliphatic rings. The highest BCUT2D eigenvalue weighted by molar-refractivity contribution is 7.09. The molecule has 7 heteroatoms. The first-order valence-electron chi connectivity index (χ1n) is 7.65. The number of rotatable bonds is 6. The van der Waals surface area contributed by atoms with E-state index in [1.54, 1.807) is 23.2 Å². The zero-order valence-electron chi connectivity index (χ0n) is 13.0. The van der Waals surface area contributed by atoms with E-state index in [2.05, 4.69) is 4.98 Å². The van der Waals surface area contributed by atoms with Crippen molar-refractivity contribution in [2.75, 3.05) is 13.3 Å². The Labute approximate surface area is 134 Å². The van der Waals surface area contributed by atoms with Crippen molar-refractivity contribution in [3.05, 3.63) is 16.1 Å². The van der Waals surface area contributed by atoms with E-state index in [1.165, 1.54) is 4.88 Å². The highest BCUT2D eigenvalue weighted by atomic mass is 32.1. The van der Waals surface area contributed by atoms with Crippen LogP contribution >= 0.6 is 11.3 Å². The third-order valence-electron chi connectivity index (χ3n) is 3.69. The third-order valence-corrected chi connectivity index (χ3v) is 4.59. The van der Waals surface area contributed by atoms with Crippen molar-refractivity contribution in [1.29, 1.82) is 0 Å². The number of aryl methyl sites for hydroxylation is 1. The molecule has 1 aromatic rings. The number of hydrogen-bond acceptors (Lipinski definition) is 6. The number of esters is 1. The lowest BCUT2D eigenvalue weighted by Crippen LogP contribution is -2.44. The summed E-state index contributed by atoms with van der Waals surface area (Å²) < 4.78 is 9.89. The minimum Gasteiger partial charge on any atom is -0.428 e. The van der Waals surface area contributed by atoms with Gasteiger partial charge in [-0.3, -0.25) is 4.79 Å². The van der Waals surface area contributed by atoms with E-state index in [-0.39, 0.29) is 25.2 Å². The molecule has 0 saturated carbocycles. The molecule has 1 aliphatic carbocycles. The minimum atomic E-state index is -0.413. The Hall–Kier alpha value is -1.63. The fourth-order valence-electron chi connectivity index (χ4n) is 2.54. The summed E-state index contributed by atoms with van der Waals surface area (Å²) in [5.41, 5.74) is 3.02. The van der Waals surface area contributed by atoms with E-state index < -0.39 is 6.09 Å². The predicted octanol–water partition coefficient (Wildman–Crippen LogP) is 2.76. The van der Waals surface area contributed by atoms with Crippen LogP contribution in [0.25, 0.3) is 0 Å². The van der Waals surface area contributed by atoms with Gasteiger partial charge in [-0.25, -0.2) is 9.78 Å². The van der Waals surface area contributed by atoms with Gasteiger partial charge in [-0.15, -0.1) is 11.3 Å². The molecule has 1 aromatic heterocycles. The molecule has 2 rings (SSSR count). The molecule has 0 bridgehead atoms. The summed E-state index contributed by atoms with van der Waals surface area (Å²) >= 11 is 1.64. The second-order valence-electron chi connectivity index (χ2n) is 5.21. The van der Waals surface area contributed by atoms with Gasteiger partial charge in [0.25, 0.3) is 0 Å². The summed E-state index contributed by atoms with van der Waals surface area (Å²) in [6.07, 6.45) is 3.32. The largest absolute Gasteiger partial charge is 0.428 e. The van der Waals surface area contributed by atoms with Gasteiger partial charge in [0, 0.05) is 30.3 Å². The number of aromatic nitrogens is 1. The maximum atomic E-state index is 12.3. The van der Waals surface area contributed by atoms with Crippen LogP contribution in [0.5, 0.6) is 0 Å². The van der Waals surface area contributed by atoms with Gasteiger partial charge < -0.3 is 14.4 Å². The lowest BCUT2D eigenvalue weighted by Gasteiger charge is -2.32. The number of carbonyl (C=O) groups excluding carboxylic acids is 2. The van der Waals surface area contributed by atoms with Crippen LogP contribution in [-0.2, 0) is 27.1 Å². The minimum absolute atomic E-state index is 0.127. The summed E-state index contributed by atoms with van der Waals surface area (Å²) in [6, 6.07) is 0.127. The van der Waals surface area contributed by atoms with E-state index in [1.807, 2.05) is 12.4 Å². The Kier molecular flexibility index (Phi) is 6.18. The molecular weight excluding hydrogens is 304 g/mol. The quantitative estimate of drug-likeness (QED) is 0.594. The summed E-state index contributed by atoms with van der Waals surface area (Å²) in [4.78, 5) is 30.7. The topological polar surface area (TPSA) is 68.7 Å². The number of ether oxygens (including phenoxy) is 2. The smallest absolute Gasteiger partial charge is 0.412 e. The number of hydrogen-bond donors (Lipinski definition) is 0. The van der Waals surface area contributed by atoms with E-state index in [0.29, 0.717) is 6.54 Å². The molecule has 22 heavy (non-hydrogen) atoms. The van der Waals surface area contributed by atoms with Crippen molar-refractivity contribution in [2.45, 2.75) is 52.0 Å². The highest BCUT2D eigenvalue weighted by Crippen LogP contribution is 2.27. The van der Waals surface area contributed by atoms with Crippen LogP contribution in [-0.4, -0.2) is 41.3 Å². The molecule has 0 fully saturated rings. The van der Waals surface area contributed by atoms with Crippen molar-refractivity contribution in [2.24, 2.45) is 0 Å². The summed E-state index contributed by atoms with van der Waals surface area (Å²) in [5.74, 6) is -0.373. The van der Waals surface area contributed by atoms with Crippen LogP contribution in [0.3, 0.4) is 0 Å². The molecule has 0 spiro atoms. The van der Waals surface area contributed by atoms with E-state index in [0.717, 1.165) is 31.4 Å². The lowest BCUT2D eigenvalue weighted by molar-refractivity contribution is -0.152. The second kappa shape index (κ2) is 8.12. The van der Waals surface area contributed by atoms with Crippen LogP contribution in [0.15, 0.2) is 5.51 Å². The first-order chi connectivity index (χ1) is 10.7. The number of nitrogens with zero attached hydrogens (tertiary/aromatic N) is 2. The number of thiazole rings is 1. The first-order valence-corrected chi connectivity index (χ1v) is 8.53. The van der Waals surface area contributed by atoms with Crippen molar-refractivity contribution in [1.82, 2.24) is 9.88 Å². The Morgan fingerprint density at radius 3 is 2.95 bits per heavy atom. The average Bonchev–Trinajstić information content (AvgIpc) is 2.99. The van der Waals surface area contributed by atoms with Crippen molar-refractivity contribution < 1.29 is 19.1 Å². The van der Waals surface area contributed by atoms with Crippen LogP contribution < -0.4 is 0 Å². The highest BCUT2D eigenvalue weighted by Gasteiger charge is 2.29. The molecule has 0 radical (unpaired) electrons. The summed E-state index contributed by atoms with van der Waals surface area (Å²) in [6.45, 7) is 4.05. The normalized spacial score (nSPS) is 16.7. The molecular formula is C15H22N2O4S. The van der Waals surface area contributed by atoms with Gasteiger partial charge in [-0.1, -0.05) is 13.8 Å². The first kappa shape index (κ1) is 16.7. The molecule has 122 valence electrons. The molecule has 1 heterocycles. The molecule has 0 aliphatic heterocycles. The number of fused-ring (bicyclic) bond motifs is 1. The van der Waals surface area contributed by atoms with Crippen molar-refractivity contribution in [3.8, 4) is 0 Å². The van der Waals surface area contributed by atoms with Gasteiger partial charge in [0.15, 0.2) is 0 Å². The summed E-state index contributed by atoms with van der Waals surface area (Å²) in [7, 11) is 0. The maximum absolute atomic E-state index is 12.3. The maximum Gasteiger partial charge on any atom is 0.412 e. The van der Waals surface area contributed by atoms with Gasteiger partial charge in [-0.2, -0.15) is 0 Å². The molecule has 1 amide bonds.